The Morgan fingerprint density at radius 3 is 2.86 bits per heavy atom. The van der Waals surface area contributed by atoms with Crippen molar-refractivity contribution in [3.8, 4) is 0 Å². The Hall–Kier alpha value is -1.06. The first kappa shape index (κ1) is 11.0. The van der Waals surface area contributed by atoms with Crippen LogP contribution in [0.25, 0.3) is 10.9 Å². The van der Waals surface area contributed by atoms with Crippen LogP contribution < -0.4 is 5.73 Å². The van der Waals surface area contributed by atoms with Gasteiger partial charge in [0.15, 0.2) is 0 Å². The number of aromatic nitrogens is 1. The smallest absolute Gasteiger partial charge is 0.109 e. The number of alkyl halides is 1. The molecule has 0 amide bonds. The number of H-pyrrole nitrogens is 1. The maximum absolute atomic E-state index is 12.3. The summed E-state index contributed by atoms with van der Waals surface area (Å²) in [5.41, 5.74) is 7.46. The lowest BCUT2D eigenvalue weighted by molar-refractivity contribution is 0.437. The first-order valence-electron chi connectivity index (χ1n) is 4.20. The average Bonchev–Trinajstić information content (AvgIpc) is 2.63. The van der Waals surface area contributed by atoms with Gasteiger partial charge < -0.3 is 10.7 Å². The van der Waals surface area contributed by atoms with Crippen molar-refractivity contribution >= 4 is 23.3 Å². The summed E-state index contributed by atoms with van der Waals surface area (Å²) in [6.45, 7) is -0.518. The third-order valence-corrected chi connectivity index (χ3v) is 2.17. The first-order chi connectivity index (χ1) is 6.31. The van der Waals surface area contributed by atoms with Crippen molar-refractivity contribution in [3.63, 3.8) is 0 Å². The molecule has 1 heterocycles. The largest absolute Gasteiger partial charge is 0.361 e. The van der Waals surface area contributed by atoms with Gasteiger partial charge in [0.25, 0.3) is 0 Å². The summed E-state index contributed by atoms with van der Waals surface area (Å²) in [5, 5.41) is 1.07. The molecule has 0 aliphatic carbocycles. The van der Waals surface area contributed by atoms with Crippen LogP contribution in [0.15, 0.2) is 30.5 Å². The molecule has 0 radical (unpaired) electrons. The van der Waals surface area contributed by atoms with Crippen LogP contribution in [0.5, 0.6) is 0 Å². The molecular weight excluding hydrogens is 203 g/mol. The van der Waals surface area contributed by atoms with Gasteiger partial charge in [0.2, 0.25) is 0 Å². The summed E-state index contributed by atoms with van der Waals surface area (Å²) in [5.74, 6) is 0. The lowest BCUT2D eigenvalue weighted by atomic mass is 10.1. The zero-order chi connectivity index (χ0) is 9.26. The van der Waals surface area contributed by atoms with Crippen LogP contribution in [-0.4, -0.2) is 11.7 Å². The van der Waals surface area contributed by atoms with Crippen molar-refractivity contribution in [3.05, 3.63) is 36.0 Å². The minimum Gasteiger partial charge on any atom is -0.361 e. The summed E-state index contributed by atoms with van der Waals surface area (Å²) in [6.07, 6.45) is 1.86. The highest BCUT2D eigenvalue weighted by Gasteiger charge is 2.05. The molecule has 1 aromatic carbocycles. The summed E-state index contributed by atoms with van der Waals surface area (Å²) in [6, 6.07) is 7.13. The minimum absolute atomic E-state index is 0. The quantitative estimate of drug-likeness (QED) is 0.793. The van der Waals surface area contributed by atoms with Crippen LogP contribution in [-0.2, 0) is 0 Å². The number of rotatable bonds is 2. The van der Waals surface area contributed by atoms with Crippen LogP contribution >= 0.6 is 12.4 Å². The van der Waals surface area contributed by atoms with Gasteiger partial charge in [-0.25, -0.2) is 4.39 Å². The van der Waals surface area contributed by atoms with E-state index in [1.165, 1.54) is 0 Å². The Bertz CT molecular complexity index is 413. The molecule has 14 heavy (non-hydrogen) atoms. The van der Waals surface area contributed by atoms with Crippen molar-refractivity contribution < 1.29 is 4.39 Å². The Balaban J connectivity index is 0.000000980. The van der Waals surface area contributed by atoms with E-state index in [2.05, 4.69) is 4.98 Å². The molecule has 2 rings (SSSR count). The van der Waals surface area contributed by atoms with Crippen LogP contribution in [0.4, 0.5) is 4.39 Å². The third kappa shape index (κ3) is 1.89. The topological polar surface area (TPSA) is 41.8 Å². The van der Waals surface area contributed by atoms with Gasteiger partial charge in [-0.2, -0.15) is 0 Å². The van der Waals surface area contributed by atoms with Crippen LogP contribution in [0.3, 0.4) is 0 Å². The SMILES string of the molecule is Cl.N[C@H](CF)c1ccc2[nH]ccc2c1. The maximum atomic E-state index is 12.3. The van der Waals surface area contributed by atoms with E-state index in [9.17, 15) is 4.39 Å². The number of nitrogens with two attached hydrogens (primary N) is 1. The zero-order valence-corrected chi connectivity index (χ0v) is 8.35. The summed E-state index contributed by atoms with van der Waals surface area (Å²) >= 11 is 0. The number of aromatic amines is 1. The lowest BCUT2D eigenvalue weighted by Gasteiger charge is -2.06. The van der Waals surface area contributed by atoms with Crippen molar-refractivity contribution in [2.24, 2.45) is 5.73 Å². The molecule has 0 spiro atoms. The number of fused-ring (bicyclic) bond motifs is 1. The predicted octanol–water partition coefficient (Wildman–Crippen LogP) is 2.56. The van der Waals surface area contributed by atoms with E-state index in [-0.39, 0.29) is 12.4 Å². The molecule has 0 unspecified atom stereocenters. The Morgan fingerprint density at radius 2 is 2.14 bits per heavy atom. The second-order valence-electron chi connectivity index (χ2n) is 3.09. The fourth-order valence-corrected chi connectivity index (χ4v) is 1.39. The van der Waals surface area contributed by atoms with Gasteiger partial charge in [0.05, 0.1) is 6.04 Å². The molecule has 2 nitrogen and oxygen atoms in total. The summed E-state index contributed by atoms with van der Waals surface area (Å²) in [4.78, 5) is 3.07. The molecule has 1 aromatic heterocycles. The van der Waals surface area contributed by atoms with Crippen molar-refractivity contribution in [1.82, 2.24) is 4.98 Å². The van der Waals surface area contributed by atoms with Crippen LogP contribution in [0.1, 0.15) is 11.6 Å². The Morgan fingerprint density at radius 1 is 1.36 bits per heavy atom. The fraction of sp³-hybridized carbons (Fsp3) is 0.200. The predicted molar refractivity (Wildman–Crippen MR) is 58.5 cm³/mol. The van der Waals surface area contributed by atoms with Gasteiger partial charge in [-0.1, -0.05) is 6.07 Å². The molecule has 0 saturated heterocycles. The Labute approximate surface area is 87.7 Å². The first-order valence-corrected chi connectivity index (χ1v) is 4.20. The number of hydrogen-bond acceptors (Lipinski definition) is 1. The second kappa shape index (κ2) is 4.44. The van der Waals surface area contributed by atoms with E-state index >= 15 is 0 Å². The molecule has 3 N–H and O–H groups in total. The van der Waals surface area contributed by atoms with Gasteiger partial charge in [0.1, 0.15) is 6.67 Å². The van der Waals surface area contributed by atoms with Gasteiger partial charge in [0, 0.05) is 11.7 Å². The molecule has 0 bridgehead atoms. The monoisotopic (exact) mass is 214 g/mol. The molecule has 4 heteroatoms. The molecular formula is C10H12ClFN2. The average molecular weight is 215 g/mol. The minimum atomic E-state index is -0.518. The molecule has 1 atom stereocenters. The van der Waals surface area contributed by atoms with Gasteiger partial charge >= 0.3 is 0 Å². The van der Waals surface area contributed by atoms with Gasteiger partial charge in [-0.3, -0.25) is 0 Å². The summed E-state index contributed by atoms with van der Waals surface area (Å²) in [7, 11) is 0. The molecule has 0 aliphatic heterocycles. The van der Waals surface area contributed by atoms with Crippen LogP contribution in [0.2, 0.25) is 0 Å². The fourth-order valence-electron chi connectivity index (χ4n) is 1.39. The van der Waals surface area contributed by atoms with Crippen molar-refractivity contribution in [2.45, 2.75) is 6.04 Å². The molecule has 0 saturated carbocycles. The van der Waals surface area contributed by atoms with Crippen molar-refractivity contribution in [2.75, 3.05) is 6.67 Å². The second-order valence-corrected chi connectivity index (χ2v) is 3.09. The number of benzene rings is 1. The van der Waals surface area contributed by atoms with E-state index < -0.39 is 12.7 Å². The highest BCUT2D eigenvalue weighted by molar-refractivity contribution is 5.85. The summed E-state index contributed by atoms with van der Waals surface area (Å²) < 4.78 is 12.3. The van der Waals surface area contributed by atoms with E-state index in [0.29, 0.717) is 0 Å². The zero-order valence-electron chi connectivity index (χ0n) is 7.53. The lowest BCUT2D eigenvalue weighted by Crippen LogP contribution is -2.11. The molecule has 0 aliphatic rings. The van der Waals surface area contributed by atoms with E-state index in [1.807, 2.05) is 30.5 Å². The molecule has 0 fully saturated rings. The van der Waals surface area contributed by atoms with Gasteiger partial charge in [-0.05, 0) is 29.1 Å². The van der Waals surface area contributed by atoms with E-state index in [0.717, 1.165) is 16.5 Å². The Kier molecular flexibility index (Phi) is 3.49. The normalized spacial score (nSPS) is 12.4. The molecule has 2 aromatic rings. The van der Waals surface area contributed by atoms with E-state index in [4.69, 9.17) is 5.73 Å². The highest BCUT2D eigenvalue weighted by Crippen LogP contribution is 2.18. The standard InChI is InChI=1S/C10H11FN2.ClH/c11-6-9(12)7-1-2-10-8(5-7)3-4-13-10;/h1-5,9,13H,6,12H2;1H/t9-;/m1./s1. The highest BCUT2D eigenvalue weighted by atomic mass is 35.5. The third-order valence-electron chi connectivity index (χ3n) is 2.17. The number of halogens is 2. The maximum Gasteiger partial charge on any atom is 0.109 e. The van der Waals surface area contributed by atoms with Gasteiger partial charge in [-0.15, -0.1) is 12.4 Å². The number of nitrogens with one attached hydrogen (secondary N) is 1. The molecule has 76 valence electrons. The van der Waals surface area contributed by atoms with Crippen LogP contribution in [0, 0.1) is 0 Å². The number of hydrogen-bond donors (Lipinski definition) is 2. The van der Waals surface area contributed by atoms with E-state index in [1.54, 1.807) is 0 Å². The van der Waals surface area contributed by atoms with Crippen molar-refractivity contribution in [1.29, 1.82) is 0 Å².